The average Bonchev–Trinajstić information content (AvgIpc) is 2.36. The Morgan fingerprint density at radius 2 is 2.05 bits per heavy atom. The Hall–Kier alpha value is -1.07. The second kappa shape index (κ2) is 5.97. The summed E-state index contributed by atoms with van der Waals surface area (Å²) in [4.78, 5) is 2.26. The van der Waals surface area contributed by atoms with Gasteiger partial charge in [0.1, 0.15) is 0 Å². The molecule has 21 heavy (non-hydrogen) atoms. The topological polar surface area (TPSA) is 29.3 Å². The number of hydrogen-bond donors (Lipinski definition) is 1. The Morgan fingerprint density at radius 1 is 1.33 bits per heavy atom. The molecule has 5 heteroatoms. The Labute approximate surface area is 124 Å². The van der Waals surface area contributed by atoms with Crippen LogP contribution in [0.4, 0.5) is 13.2 Å². The molecule has 0 aliphatic carbocycles. The fourth-order valence-corrected chi connectivity index (χ4v) is 3.03. The van der Waals surface area contributed by atoms with Crippen LogP contribution < -0.4 is 5.73 Å². The summed E-state index contributed by atoms with van der Waals surface area (Å²) < 4.78 is 38.2. The van der Waals surface area contributed by atoms with E-state index in [9.17, 15) is 13.2 Å². The molecule has 0 radical (unpaired) electrons. The number of benzene rings is 1. The van der Waals surface area contributed by atoms with Gasteiger partial charge in [0.2, 0.25) is 0 Å². The molecule has 1 saturated heterocycles. The van der Waals surface area contributed by atoms with Crippen LogP contribution in [0.1, 0.15) is 43.9 Å². The highest BCUT2D eigenvalue weighted by Gasteiger charge is 2.31. The Balaban J connectivity index is 2.05. The first kappa shape index (κ1) is 16.3. The number of alkyl halides is 3. The van der Waals surface area contributed by atoms with Gasteiger partial charge in [0.25, 0.3) is 0 Å². The van der Waals surface area contributed by atoms with E-state index in [0.717, 1.165) is 25.6 Å². The number of nitrogens with two attached hydrogens (primary N) is 1. The molecule has 1 aromatic carbocycles. The monoisotopic (exact) mass is 300 g/mol. The number of piperidine rings is 1. The van der Waals surface area contributed by atoms with E-state index in [0.29, 0.717) is 12.1 Å². The lowest BCUT2D eigenvalue weighted by molar-refractivity contribution is -0.137. The van der Waals surface area contributed by atoms with Gasteiger partial charge in [0.15, 0.2) is 0 Å². The van der Waals surface area contributed by atoms with Crippen LogP contribution in [0.2, 0.25) is 0 Å². The highest BCUT2D eigenvalue weighted by atomic mass is 19.4. The molecular weight excluding hydrogens is 277 g/mol. The molecule has 0 saturated carbocycles. The standard InChI is InChI=1S/C16H23F3N2/c1-15(2)7-4-8-21(11-15)10-14(20)12-5-3-6-13(9-12)16(17,18)19/h3,5-6,9,14H,4,7-8,10-11,20H2,1-2H3. The SMILES string of the molecule is CC1(C)CCCN(CC(N)c2cccc(C(F)(F)F)c2)C1. The van der Waals surface area contributed by atoms with Crippen LogP contribution in [0.3, 0.4) is 0 Å². The van der Waals surface area contributed by atoms with Crippen molar-refractivity contribution in [1.82, 2.24) is 4.90 Å². The Bertz CT molecular complexity index is 483. The second-order valence-electron chi connectivity index (χ2n) is 6.73. The summed E-state index contributed by atoms with van der Waals surface area (Å²) >= 11 is 0. The summed E-state index contributed by atoms with van der Waals surface area (Å²) in [5.74, 6) is 0. The third-order valence-corrected chi connectivity index (χ3v) is 4.08. The van der Waals surface area contributed by atoms with Gasteiger partial charge >= 0.3 is 6.18 Å². The molecule has 1 atom stereocenters. The maximum absolute atomic E-state index is 12.7. The maximum Gasteiger partial charge on any atom is 0.416 e. The van der Waals surface area contributed by atoms with Crippen molar-refractivity contribution in [2.24, 2.45) is 11.1 Å². The molecule has 1 heterocycles. The van der Waals surface area contributed by atoms with Gasteiger partial charge in [0.05, 0.1) is 5.56 Å². The number of halogens is 3. The van der Waals surface area contributed by atoms with E-state index in [1.165, 1.54) is 18.6 Å². The predicted octanol–water partition coefficient (Wildman–Crippen LogP) is 3.83. The molecule has 2 nitrogen and oxygen atoms in total. The lowest BCUT2D eigenvalue weighted by atomic mass is 9.84. The molecule has 0 bridgehead atoms. The molecule has 0 amide bonds. The molecule has 1 aliphatic rings. The molecule has 1 aromatic rings. The van der Waals surface area contributed by atoms with E-state index < -0.39 is 11.7 Å². The number of likely N-dealkylation sites (tertiary alicyclic amines) is 1. The molecule has 1 fully saturated rings. The molecule has 2 N–H and O–H groups in total. The zero-order valence-corrected chi connectivity index (χ0v) is 12.6. The summed E-state index contributed by atoms with van der Waals surface area (Å²) in [5.41, 5.74) is 6.29. The van der Waals surface area contributed by atoms with Gasteiger partial charge in [-0.25, -0.2) is 0 Å². The number of rotatable bonds is 3. The van der Waals surface area contributed by atoms with Crippen molar-refractivity contribution < 1.29 is 13.2 Å². The normalized spacial score (nSPS) is 21.2. The molecule has 1 aliphatic heterocycles. The van der Waals surface area contributed by atoms with Gasteiger partial charge in [-0.05, 0) is 42.5 Å². The molecule has 118 valence electrons. The van der Waals surface area contributed by atoms with E-state index >= 15 is 0 Å². The lowest BCUT2D eigenvalue weighted by Crippen LogP contribution is -2.43. The summed E-state index contributed by atoms with van der Waals surface area (Å²) in [6, 6.07) is 4.97. The van der Waals surface area contributed by atoms with Gasteiger partial charge in [0, 0.05) is 19.1 Å². The Kier molecular flexibility index (Phi) is 4.63. The predicted molar refractivity (Wildman–Crippen MR) is 77.8 cm³/mol. The van der Waals surface area contributed by atoms with Crippen LogP contribution in [0, 0.1) is 5.41 Å². The molecular formula is C16H23F3N2. The first-order chi connectivity index (χ1) is 9.67. The van der Waals surface area contributed by atoms with Crippen molar-refractivity contribution in [3.05, 3.63) is 35.4 Å². The van der Waals surface area contributed by atoms with Crippen LogP contribution in [-0.2, 0) is 6.18 Å². The lowest BCUT2D eigenvalue weighted by Gasteiger charge is -2.39. The van der Waals surface area contributed by atoms with Crippen molar-refractivity contribution in [2.75, 3.05) is 19.6 Å². The van der Waals surface area contributed by atoms with Crippen molar-refractivity contribution in [3.63, 3.8) is 0 Å². The first-order valence-electron chi connectivity index (χ1n) is 7.32. The highest BCUT2D eigenvalue weighted by molar-refractivity contribution is 5.28. The summed E-state index contributed by atoms with van der Waals surface area (Å²) in [6.45, 7) is 6.95. The minimum Gasteiger partial charge on any atom is -0.323 e. The van der Waals surface area contributed by atoms with Crippen LogP contribution in [0.25, 0.3) is 0 Å². The van der Waals surface area contributed by atoms with E-state index in [-0.39, 0.29) is 11.5 Å². The third-order valence-electron chi connectivity index (χ3n) is 4.08. The maximum atomic E-state index is 12.7. The highest BCUT2D eigenvalue weighted by Crippen LogP contribution is 2.32. The molecule has 2 rings (SSSR count). The van der Waals surface area contributed by atoms with E-state index in [2.05, 4.69) is 18.7 Å². The van der Waals surface area contributed by atoms with E-state index in [1.807, 2.05) is 0 Å². The second-order valence-corrected chi connectivity index (χ2v) is 6.73. The van der Waals surface area contributed by atoms with Gasteiger partial charge < -0.3 is 10.6 Å². The number of hydrogen-bond acceptors (Lipinski definition) is 2. The van der Waals surface area contributed by atoms with Crippen molar-refractivity contribution in [1.29, 1.82) is 0 Å². The fourth-order valence-electron chi connectivity index (χ4n) is 3.03. The van der Waals surface area contributed by atoms with Crippen LogP contribution in [0.15, 0.2) is 24.3 Å². The van der Waals surface area contributed by atoms with Gasteiger partial charge in [-0.2, -0.15) is 13.2 Å². The van der Waals surface area contributed by atoms with Crippen LogP contribution >= 0.6 is 0 Å². The van der Waals surface area contributed by atoms with Gasteiger partial charge in [-0.1, -0.05) is 26.0 Å². The minimum atomic E-state index is -4.32. The summed E-state index contributed by atoms with van der Waals surface area (Å²) in [7, 11) is 0. The van der Waals surface area contributed by atoms with Gasteiger partial charge in [-0.15, -0.1) is 0 Å². The van der Waals surface area contributed by atoms with E-state index in [1.54, 1.807) is 6.07 Å². The van der Waals surface area contributed by atoms with Crippen molar-refractivity contribution in [3.8, 4) is 0 Å². The van der Waals surface area contributed by atoms with Crippen LogP contribution in [0.5, 0.6) is 0 Å². The zero-order chi connectivity index (χ0) is 15.7. The van der Waals surface area contributed by atoms with Gasteiger partial charge in [-0.3, -0.25) is 0 Å². The summed E-state index contributed by atoms with van der Waals surface area (Å²) in [5, 5.41) is 0. The van der Waals surface area contributed by atoms with Crippen molar-refractivity contribution in [2.45, 2.75) is 38.9 Å². The first-order valence-corrected chi connectivity index (χ1v) is 7.32. The fraction of sp³-hybridized carbons (Fsp3) is 0.625. The molecule has 0 spiro atoms. The zero-order valence-electron chi connectivity index (χ0n) is 12.6. The molecule has 0 aromatic heterocycles. The minimum absolute atomic E-state index is 0.256. The van der Waals surface area contributed by atoms with Crippen molar-refractivity contribution >= 4 is 0 Å². The number of nitrogens with zero attached hydrogens (tertiary/aromatic N) is 1. The average molecular weight is 300 g/mol. The Morgan fingerprint density at radius 3 is 2.67 bits per heavy atom. The third kappa shape index (κ3) is 4.45. The van der Waals surface area contributed by atoms with Crippen LogP contribution in [-0.4, -0.2) is 24.5 Å². The van der Waals surface area contributed by atoms with E-state index in [4.69, 9.17) is 5.73 Å². The molecule has 1 unspecified atom stereocenters. The smallest absolute Gasteiger partial charge is 0.323 e. The quantitative estimate of drug-likeness (QED) is 0.919. The largest absolute Gasteiger partial charge is 0.416 e. The summed E-state index contributed by atoms with van der Waals surface area (Å²) in [6.07, 6.45) is -2.02.